The molecule has 2 amide bonds. The molecule has 0 aromatic carbocycles. The van der Waals surface area contributed by atoms with Crippen molar-refractivity contribution in [1.29, 1.82) is 0 Å². The number of nitrogens with one attached hydrogen (secondary N) is 1. The number of carbonyl (C=O) groups is 2. The van der Waals surface area contributed by atoms with Gasteiger partial charge in [-0.05, 0) is 13.8 Å². The molecule has 0 spiro atoms. The number of piperazine rings is 1. The van der Waals surface area contributed by atoms with Crippen LogP contribution < -0.4 is 11.1 Å². The minimum Gasteiger partial charge on any atom is -0.409 e. The molecule has 1 rings (SSSR count). The maximum atomic E-state index is 12.0. The number of hydrogen-bond donors (Lipinski definition) is 3. The van der Waals surface area contributed by atoms with E-state index in [1.165, 1.54) is 4.90 Å². The monoisotopic (exact) mass is 228 g/mol. The molecule has 1 saturated heterocycles. The van der Waals surface area contributed by atoms with Crippen molar-refractivity contribution < 1.29 is 14.8 Å². The molecule has 7 nitrogen and oxygen atoms in total. The van der Waals surface area contributed by atoms with Crippen molar-refractivity contribution in [3.63, 3.8) is 0 Å². The zero-order chi connectivity index (χ0) is 12.3. The maximum Gasteiger partial charge on any atom is 0.239 e. The number of amidine groups is 1. The van der Waals surface area contributed by atoms with Gasteiger partial charge in [-0.3, -0.25) is 9.59 Å². The summed E-state index contributed by atoms with van der Waals surface area (Å²) in [5.41, 5.74) is 4.34. The molecule has 0 bridgehead atoms. The van der Waals surface area contributed by atoms with Crippen molar-refractivity contribution in [2.75, 3.05) is 19.6 Å². The first kappa shape index (κ1) is 12.3. The lowest BCUT2D eigenvalue weighted by molar-refractivity contribution is -0.142. The average molecular weight is 228 g/mol. The molecule has 1 fully saturated rings. The van der Waals surface area contributed by atoms with Crippen LogP contribution in [0.3, 0.4) is 0 Å². The molecule has 4 N–H and O–H groups in total. The Kier molecular flexibility index (Phi) is 3.36. The van der Waals surface area contributed by atoms with Crippen LogP contribution in [-0.2, 0) is 9.59 Å². The van der Waals surface area contributed by atoms with Gasteiger partial charge in [-0.2, -0.15) is 0 Å². The van der Waals surface area contributed by atoms with Crippen LogP contribution in [0.1, 0.15) is 13.8 Å². The van der Waals surface area contributed by atoms with E-state index in [0.717, 1.165) is 0 Å². The Labute approximate surface area is 93.3 Å². The van der Waals surface area contributed by atoms with Crippen molar-refractivity contribution in [3.8, 4) is 0 Å². The van der Waals surface area contributed by atoms with E-state index in [-0.39, 0.29) is 24.2 Å². The fourth-order valence-electron chi connectivity index (χ4n) is 1.44. The van der Waals surface area contributed by atoms with Gasteiger partial charge in [-0.15, -0.1) is 0 Å². The molecule has 0 aromatic heterocycles. The van der Waals surface area contributed by atoms with Crippen molar-refractivity contribution in [2.45, 2.75) is 13.8 Å². The molecule has 0 saturated carbocycles. The summed E-state index contributed by atoms with van der Waals surface area (Å²) >= 11 is 0. The fraction of sp³-hybridized carbons (Fsp3) is 0.667. The van der Waals surface area contributed by atoms with Gasteiger partial charge in [0, 0.05) is 13.1 Å². The fourth-order valence-corrected chi connectivity index (χ4v) is 1.44. The summed E-state index contributed by atoms with van der Waals surface area (Å²) in [7, 11) is 0. The maximum absolute atomic E-state index is 12.0. The smallest absolute Gasteiger partial charge is 0.239 e. The zero-order valence-electron chi connectivity index (χ0n) is 9.36. The highest BCUT2D eigenvalue weighted by molar-refractivity contribution is 6.06. The highest BCUT2D eigenvalue weighted by Crippen LogP contribution is 2.19. The second-order valence-electron chi connectivity index (χ2n) is 4.19. The number of amides is 2. The van der Waals surface area contributed by atoms with Crippen LogP contribution in [-0.4, -0.2) is 47.4 Å². The highest BCUT2D eigenvalue weighted by Gasteiger charge is 2.37. The van der Waals surface area contributed by atoms with Gasteiger partial charge in [-0.25, -0.2) is 0 Å². The van der Waals surface area contributed by atoms with Crippen molar-refractivity contribution >= 4 is 17.6 Å². The molecule has 7 heteroatoms. The van der Waals surface area contributed by atoms with E-state index in [0.29, 0.717) is 13.1 Å². The molecular weight excluding hydrogens is 212 g/mol. The van der Waals surface area contributed by atoms with Crippen molar-refractivity contribution in [3.05, 3.63) is 0 Å². The summed E-state index contributed by atoms with van der Waals surface area (Å²) in [6.45, 7) is 3.98. The summed E-state index contributed by atoms with van der Waals surface area (Å²) in [5, 5.41) is 14.0. The Morgan fingerprint density at radius 3 is 2.75 bits per heavy atom. The van der Waals surface area contributed by atoms with Gasteiger partial charge >= 0.3 is 0 Å². The number of nitrogens with two attached hydrogens (primary N) is 1. The normalized spacial score (nSPS) is 18.2. The molecule has 0 unspecified atom stereocenters. The van der Waals surface area contributed by atoms with Gasteiger partial charge in [0.25, 0.3) is 0 Å². The van der Waals surface area contributed by atoms with Crippen molar-refractivity contribution in [1.82, 2.24) is 10.2 Å². The van der Waals surface area contributed by atoms with Gasteiger partial charge in [0.2, 0.25) is 11.8 Å². The van der Waals surface area contributed by atoms with Crippen LogP contribution in [0.4, 0.5) is 0 Å². The Bertz CT molecular complexity index is 338. The van der Waals surface area contributed by atoms with Gasteiger partial charge in [0.15, 0.2) is 5.84 Å². The zero-order valence-corrected chi connectivity index (χ0v) is 9.36. The minimum absolute atomic E-state index is 0.0149. The first-order valence-electron chi connectivity index (χ1n) is 4.93. The molecule has 0 atom stereocenters. The largest absolute Gasteiger partial charge is 0.409 e. The van der Waals surface area contributed by atoms with Gasteiger partial charge in [0.05, 0.1) is 6.54 Å². The Balaban J connectivity index is 2.80. The van der Waals surface area contributed by atoms with Crippen LogP contribution in [0.2, 0.25) is 0 Å². The summed E-state index contributed by atoms with van der Waals surface area (Å²) in [5.74, 6) is -0.684. The lowest BCUT2D eigenvalue weighted by atomic mass is 9.90. The predicted octanol–water partition coefficient (Wildman–Crippen LogP) is -1.28. The lowest BCUT2D eigenvalue weighted by Gasteiger charge is -2.33. The summed E-state index contributed by atoms with van der Waals surface area (Å²) in [6, 6.07) is 0. The van der Waals surface area contributed by atoms with Crippen LogP contribution in [0.25, 0.3) is 0 Å². The number of nitrogens with zero attached hydrogens (tertiary/aromatic N) is 2. The van der Waals surface area contributed by atoms with Crippen LogP contribution in [0, 0.1) is 5.41 Å². The summed E-state index contributed by atoms with van der Waals surface area (Å²) in [6.07, 6.45) is 0. The quantitative estimate of drug-likeness (QED) is 0.237. The average Bonchev–Trinajstić information content (AvgIpc) is 2.26. The van der Waals surface area contributed by atoms with Crippen LogP contribution in [0.15, 0.2) is 5.16 Å². The highest BCUT2D eigenvalue weighted by atomic mass is 16.4. The number of carbonyl (C=O) groups excluding carboxylic acids is 2. The molecule has 1 heterocycles. The van der Waals surface area contributed by atoms with E-state index in [9.17, 15) is 9.59 Å². The first-order chi connectivity index (χ1) is 7.39. The molecule has 0 aromatic rings. The Morgan fingerprint density at radius 1 is 1.62 bits per heavy atom. The predicted molar refractivity (Wildman–Crippen MR) is 56.8 cm³/mol. The van der Waals surface area contributed by atoms with Crippen molar-refractivity contribution in [2.24, 2.45) is 16.3 Å². The summed E-state index contributed by atoms with van der Waals surface area (Å²) in [4.78, 5) is 24.6. The van der Waals surface area contributed by atoms with E-state index in [1.54, 1.807) is 13.8 Å². The topological polar surface area (TPSA) is 108 Å². The molecule has 90 valence electrons. The molecular formula is C9H16N4O3. The van der Waals surface area contributed by atoms with E-state index >= 15 is 0 Å². The molecule has 1 aliphatic rings. The van der Waals surface area contributed by atoms with Gasteiger partial charge in [-0.1, -0.05) is 5.16 Å². The number of oxime groups is 1. The first-order valence-corrected chi connectivity index (χ1v) is 4.93. The third-order valence-electron chi connectivity index (χ3n) is 2.61. The molecule has 1 aliphatic heterocycles. The summed E-state index contributed by atoms with van der Waals surface area (Å²) < 4.78 is 0. The standard InChI is InChI=1S/C9H16N4O3/c1-9(2,7(10)12-16)8(15)13-4-3-11-6(14)5-13/h16H,3-5H2,1-2H3,(H2,10,12)(H,11,14). The van der Waals surface area contributed by atoms with Crippen LogP contribution in [0.5, 0.6) is 0 Å². The number of hydrogen-bond acceptors (Lipinski definition) is 4. The molecule has 0 radical (unpaired) electrons. The molecule has 16 heavy (non-hydrogen) atoms. The Hall–Kier alpha value is -1.79. The second kappa shape index (κ2) is 4.38. The van der Waals surface area contributed by atoms with E-state index in [2.05, 4.69) is 10.5 Å². The number of rotatable bonds is 2. The molecule has 0 aliphatic carbocycles. The second-order valence-corrected chi connectivity index (χ2v) is 4.19. The minimum atomic E-state index is -1.10. The third kappa shape index (κ3) is 2.23. The SMILES string of the molecule is CC(C)(C(=O)N1CCNC(=O)C1)C(N)=NO. The van der Waals surface area contributed by atoms with E-state index < -0.39 is 5.41 Å². The van der Waals surface area contributed by atoms with Gasteiger partial charge < -0.3 is 21.2 Å². The van der Waals surface area contributed by atoms with E-state index in [4.69, 9.17) is 10.9 Å². The third-order valence-corrected chi connectivity index (χ3v) is 2.61. The lowest BCUT2D eigenvalue weighted by Crippen LogP contribution is -2.55. The van der Waals surface area contributed by atoms with Crippen LogP contribution >= 0.6 is 0 Å². The Morgan fingerprint density at radius 2 is 2.25 bits per heavy atom. The van der Waals surface area contributed by atoms with E-state index in [1.807, 2.05) is 0 Å². The van der Waals surface area contributed by atoms with Gasteiger partial charge in [0.1, 0.15) is 5.41 Å².